The first-order valence-electron chi connectivity index (χ1n) is 7.04. The van der Waals surface area contributed by atoms with E-state index in [1.54, 1.807) is 7.11 Å². The standard InChI is InChI=1S/C17H15N3O3/c1-23-14-9-7-12(8-10-14)16-18-17(13-5-3-2-4-6-13)20(19-16)11-15(21)22/h2-10H,11H2,1H3,(H,21,22). The van der Waals surface area contributed by atoms with Crippen molar-refractivity contribution in [2.45, 2.75) is 6.54 Å². The minimum absolute atomic E-state index is 0.243. The quantitative estimate of drug-likeness (QED) is 0.784. The second kappa shape index (κ2) is 6.31. The van der Waals surface area contributed by atoms with E-state index < -0.39 is 5.97 Å². The van der Waals surface area contributed by atoms with E-state index in [2.05, 4.69) is 10.1 Å². The molecular formula is C17H15N3O3. The maximum absolute atomic E-state index is 11.1. The minimum atomic E-state index is -0.964. The summed E-state index contributed by atoms with van der Waals surface area (Å²) in [6.45, 7) is -0.243. The van der Waals surface area contributed by atoms with Gasteiger partial charge < -0.3 is 9.84 Å². The van der Waals surface area contributed by atoms with Gasteiger partial charge in [-0.1, -0.05) is 30.3 Å². The molecule has 1 N–H and O–H groups in total. The lowest BCUT2D eigenvalue weighted by Crippen LogP contribution is -2.11. The lowest BCUT2D eigenvalue weighted by Gasteiger charge is -2.02. The third-order valence-electron chi connectivity index (χ3n) is 3.34. The first-order valence-corrected chi connectivity index (χ1v) is 7.04. The molecule has 3 rings (SSSR count). The van der Waals surface area contributed by atoms with Gasteiger partial charge >= 0.3 is 5.97 Å². The molecule has 23 heavy (non-hydrogen) atoms. The molecule has 3 aromatic rings. The van der Waals surface area contributed by atoms with Crippen molar-refractivity contribution in [3.05, 3.63) is 54.6 Å². The normalized spacial score (nSPS) is 10.5. The van der Waals surface area contributed by atoms with Gasteiger partial charge in [0.1, 0.15) is 12.3 Å². The molecule has 0 saturated heterocycles. The zero-order chi connectivity index (χ0) is 16.2. The molecule has 0 spiro atoms. The molecule has 0 aliphatic carbocycles. The van der Waals surface area contributed by atoms with E-state index in [0.717, 1.165) is 16.9 Å². The van der Waals surface area contributed by atoms with E-state index >= 15 is 0 Å². The van der Waals surface area contributed by atoms with Crippen LogP contribution in [0.15, 0.2) is 54.6 Å². The fraction of sp³-hybridized carbons (Fsp3) is 0.118. The smallest absolute Gasteiger partial charge is 0.325 e. The van der Waals surface area contributed by atoms with Gasteiger partial charge in [0, 0.05) is 11.1 Å². The van der Waals surface area contributed by atoms with E-state index in [0.29, 0.717) is 11.6 Å². The van der Waals surface area contributed by atoms with Crippen molar-refractivity contribution < 1.29 is 14.6 Å². The predicted octanol–water partition coefficient (Wildman–Crippen LogP) is 2.71. The van der Waals surface area contributed by atoms with Crippen molar-refractivity contribution in [3.8, 4) is 28.5 Å². The number of nitrogens with zero attached hydrogens (tertiary/aromatic N) is 3. The summed E-state index contributed by atoms with van der Waals surface area (Å²) in [5.74, 6) is 0.780. The van der Waals surface area contributed by atoms with Crippen LogP contribution in [0, 0.1) is 0 Å². The van der Waals surface area contributed by atoms with E-state index in [1.165, 1.54) is 4.68 Å². The van der Waals surface area contributed by atoms with Crippen LogP contribution in [-0.4, -0.2) is 33.0 Å². The molecule has 2 aromatic carbocycles. The largest absolute Gasteiger partial charge is 0.497 e. The Hall–Kier alpha value is -3.15. The van der Waals surface area contributed by atoms with Crippen molar-refractivity contribution >= 4 is 5.97 Å². The van der Waals surface area contributed by atoms with Crippen molar-refractivity contribution in [3.63, 3.8) is 0 Å². The molecule has 0 amide bonds. The molecule has 0 aliphatic rings. The Kier molecular flexibility index (Phi) is 4.05. The van der Waals surface area contributed by atoms with E-state index in [4.69, 9.17) is 9.84 Å². The molecular weight excluding hydrogens is 294 g/mol. The van der Waals surface area contributed by atoms with Gasteiger partial charge in [0.25, 0.3) is 0 Å². The Labute approximate surface area is 133 Å². The second-order valence-corrected chi connectivity index (χ2v) is 4.90. The monoisotopic (exact) mass is 309 g/mol. The van der Waals surface area contributed by atoms with E-state index in [9.17, 15) is 4.79 Å². The molecule has 0 fully saturated rings. The number of methoxy groups -OCH3 is 1. The lowest BCUT2D eigenvalue weighted by molar-refractivity contribution is -0.137. The predicted molar refractivity (Wildman–Crippen MR) is 85.1 cm³/mol. The average Bonchev–Trinajstić information content (AvgIpc) is 2.99. The first kappa shape index (κ1) is 14.8. The number of hydrogen-bond donors (Lipinski definition) is 1. The highest BCUT2D eigenvalue weighted by Crippen LogP contribution is 2.24. The summed E-state index contributed by atoms with van der Waals surface area (Å²) in [5.41, 5.74) is 1.62. The molecule has 1 heterocycles. The van der Waals surface area contributed by atoms with Gasteiger partial charge in [-0.05, 0) is 24.3 Å². The Morgan fingerprint density at radius 2 is 1.78 bits per heavy atom. The highest BCUT2D eigenvalue weighted by molar-refractivity contribution is 5.69. The number of aromatic nitrogens is 3. The van der Waals surface area contributed by atoms with Crippen LogP contribution < -0.4 is 4.74 Å². The molecule has 0 atom stereocenters. The zero-order valence-electron chi connectivity index (χ0n) is 12.5. The molecule has 116 valence electrons. The third kappa shape index (κ3) is 3.21. The fourth-order valence-electron chi connectivity index (χ4n) is 2.24. The average molecular weight is 309 g/mol. The van der Waals surface area contributed by atoms with Gasteiger partial charge in [0.05, 0.1) is 7.11 Å². The Morgan fingerprint density at radius 1 is 1.09 bits per heavy atom. The van der Waals surface area contributed by atoms with Crippen LogP contribution in [0.25, 0.3) is 22.8 Å². The molecule has 0 unspecified atom stereocenters. The highest BCUT2D eigenvalue weighted by atomic mass is 16.5. The Morgan fingerprint density at radius 3 is 2.39 bits per heavy atom. The van der Waals surface area contributed by atoms with Gasteiger partial charge in [-0.15, -0.1) is 5.10 Å². The van der Waals surface area contributed by atoms with Gasteiger partial charge in [-0.2, -0.15) is 0 Å². The number of carboxylic acid groups (broad SMARTS) is 1. The first-order chi connectivity index (χ1) is 11.2. The van der Waals surface area contributed by atoms with Crippen LogP contribution in [-0.2, 0) is 11.3 Å². The summed E-state index contributed by atoms with van der Waals surface area (Å²) in [4.78, 5) is 15.6. The van der Waals surface area contributed by atoms with Crippen LogP contribution in [0.2, 0.25) is 0 Å². The number of rotatable bonds is 5. The fourth-order valence-corrected chi connectivity index (χ4v) is 2.24. The number of benzene rings is 2. The number of carbonyl (C=O) groups is 1. The van der Waals surface area contributed by atoms with Gasteiger partial charge in [-0.3, -0.25) is 4.79 Å². The van der Waals surface area contributed by atoms with Crippen molar-refractivity contribution in [2.24, 2.45) is 0 Å². The number of carboxylic acids is 1. The minimum Gasteiger partial charge on any atom is -0.497 e. The summed E-state index contributed by atoms with van der Waals surface area (Å²) in [6.07, 6.45) is 0. The molecule has 6 heteroatoms. The number of aliphatic carboxylic acids is 1. The van der Waals surface area contributed by atoms with Gasteiger partial charge in [-0.25, -0.2) is 9.67 Å². The zero-order valence-corrected chi connectivity index (χ0v) is 12.5. The van der Waals surface area contributed by atoms with E-state index in [-0.39, 0.29) is 6.54 Å². The van der Waals surface area contributed by atoms with E-state index in [1.807, 2.05) is 54.6 Å². The van der Waals surface area contributed by atoms with Crippen LogP contribution >= 0.6 is 0 Å². The Bertz CT molecular complexity index is 811. The van der Waals surface area contributed by atoms with Crippen LogP contribution in [0.3, 0.4) is 0 Å². The summed E-state index contributed by atoms with van der Waals surface area (Å²) in [7, 11) is 1.60. The summed E-state index contributed by atoms with van der Waals surface area (Å²) < 4.78 is 6.53. The summed E-state index contributed by atoms with van der Waals surface area (Å²) >= 11 is 0. The van der Waals surface area contributed by atoms with Crippen molar-refractivity contribution in [2.75, 3.05) is 7.11 Å². The van der Waals surface area contributed by atoms with Crippen LogP contribution in [0.5, 0.6) is 5.75 Å². The lowest BCUT2D eigenvalue weighted by atomic mass is 10.2. The SMILES string of the molecule is COc1ccc(-c2nc(-c3ccccc3)n(CC(=O)O)n2)cc1. The van der Waals surface area contributed by atoms with Crippen LogP contribution in [0.1, 0.15) is 0 Å². The molecule has 0 radical (unpaired) electrons. The van der Waals surface area contributed by atoms with Crippen molar-refractivity contribution in [1.82, 2.24) is 14.8 Å². The highest BCUT2D eigenvalue weighted by Gasteiger charge is 2.15. The van der Waals surface area contributed by atoms with Crippen molar-refractivity contribution in [1.29, 1.82) is 0 Å². The number of hydrogen-bond acceptors (Lipinski definition) is 4. The maximum atomic E-state index is 11.1. The molecule has 0 aliphatic heterocycles. The summed E-state index contributed by atoms with van der Waals surface area (Å²) in [5, 5.41) is 13.4. The molecule has 0 saturated carbocycles. The van der Waals surface area contributed by atoms with Crippen LogP contribution in [0.4, 0.5) is 0 Å². The van der Waals surface area contributed by atoms with Gasteiger partial charge in [0.15, 0.2) is 11.6 Å². The number of ether oxygens (including phenoxy) is 1. The van der Waals surface area contributed by atoms with Gasteiger partial charge in [0.2, 0.25) is 0 Å². The molecule has 6 nitrogen and oxygen atoms in total. The Balaban J connectivity index is 2.05. The molecule has 1 aromatic heterocycles. The maximum Gasteiger partial charge on any atom is 0.325 e. The topological polar surface area (TPSA) is 77.2 Å². The second-order valence-electron chi connectivity index (χ2n) is 4.90. The summed E-state index contributed by atoms with van der Waals surface area (Å²) in [6, 6.07) is 16.7. The third-order valence-corrected chi connectivity index (χ3v) is 3.34. The molecule has 0 bridgehead atoms.